The molecule has 1 unspecified atom stereocenters. The van der Waals surface area contributed by atoms with Gasteiger partial charge in [0.2, 0.25) is 15.9 Å². The highest BCUT2D eigenvalue weighted by Crippen LogP contribution is 2.30. The maximum absolute atomic E-state index is 13.3. The van der Waals surface area contributed by atoms with E-state index in [0.29, 0.717) is 30.0 Å². The van der Waals surface area contributed by atoms with Crippen LogP contribution in [0.3, 0.4) is 0 Å². The molecular weight excluding hydrogens is 391 g/mol. The zero-order chi connectivity index (χ0) is 21.3. The molecule has 1 amide bonds. The topological polar surface area (TPSA) is 57.7 Å². The summed E-state index contributed by atoms with van der Waals surface area (Å²) in [5.41, 5.74) is 3.05. The lowest BCUT2D eigenvalue weighted by molar-refractivity contribution is -0.123. The molecule has 156 valence electrons. The first kappa shape index (κ1) is 21.5. The van der Waals surface area contributed by atoms with Gasteiger partial charge in [0, 0.05) is 25.8 Å². The van der Waals surface area contributed by atoms with E-state index in [1.54, 1.807) is 19.2 Å². The van der Waals surface area contributed by atoms with E-state index in [2.05, 4.69) is 0 Å². The molecule has 1 aliphatic rings. The molecule has 2 aromatic rings. The molecular formula is C22H27FN2O3S. The van der Waals surface area contributed by atoms with Crippen molar-refractivity contribution in [3.8, 4) is 0 Å². The number of hydrogen-bond acceptors (Lipinski definition) is 3. The third-order valence-electron chi connectivity index (χ3n) is 5.48. The zero-order valence-corrected chi connectivity index (χ0v) is 18.1. The number of carbonyl (C=O) groups excluding carboxylic acids is 1. The number of amides is 1. The Kier molecular flexibility index (Phi) is 6.10. The Morgan fingerprint density at radius 1 is 1.10 bits per heavy atom. The van der Waals surface area contributed by atoms with Crippen LogP contribution < -0.4 is 4.90 Å². The van der Waals surface area contributed by atoms with Crippen molar-refractivity contribution in [1.29, 1.82) is 0 Å². The standard InChI is InChI=1S/C22H27FN2O3S/c1-15-12-16(2)21(17(3)13-15)29(27,28)25-11-5-6-18(14-25)22(26)24(4)20-9-7-19(23)8-10-20/h7-10,12-13,18H,5-6,11,14H2,1-4H3. The Morgan fingerprint density at radius 3 is 2.28 bits per heavy atom. The zero-order valence-electron chi connectivity index (χ0n) is 17.3. The molecule has 0 bridgehead atoms. The van der Waals surface area contributed by atoms with Crippen molar-refractivity contribution in [2.45, 2.75) is 38.5 Å². The van der Waals surface area contributed by atoms with Gasteiger partial charge in [-0.1, -0.05) is 17.7 Å². The molecule has 1 saturated heterocycles. The van der Waals surface area contributed by atoms with E-state index >= 15 is 0 Å². The summed E-state index contributed by atoms with van der Waals surface area (Å²) in [6, 6.07) is 9.44. The quantitative estimate of drug-likeness (QED) is 0.759. The number of sulfonamides is 1. The van der Waals surface area contributed by atoms with Gasteiger partial charge in [0.1, 0.15) is 5.82 Å². The van der Waals surface area contributed by atoms with E-state index in [0.717, 1.165) is 16.7 Å². The summed E-state index contributed by atoms with van der Waals surface area (Å²) in [6.45, 7) is 6.11. The van der Waals surface area contributed by atoms with E-state index in [4.69, 9.17) is 0 Å². The lowest BCUT2D eigenvalue weighted by Gasteiger charge is -2.34. The largest absolute Gasteiger partial charge is 0.315 e. The summed E-state index contributed by atoms with van der Waals surface area (Å²) in [7, 11) is -2.05. The summed E-state index contributed by atoms with van der Waals surface area (Å²) in [5, 5.41) is 0. The molecule has 7 heteroatoms. The van der Waals surface area contributed by atoms with Crippen LogP contribution in [0.2, 0.25) is 0 Å². The van der Waals surface area contributed by atoms with Crippen molar-refractivity contribution in [2.24, 2.45) is 5.92 Å². The molecule has 29 heavy (non-hydrogen) atoms. The number of hydrogen-bond donors (Lipinski definition) is 0. The smallest absolute Gasteiger partial charge is 0.243 e. The molecule has 0 radical (unpaired) electrons. The molecule has 0 spiro atoms. The summed E-state index contributed by atoms with van der Waals surface area (Å²) >= 11 is 0. The highest BCUT2D eigenvalue weighted by Gasteiger charge is 2.36. The summed E-state index contributed by atoms with van der Waals surface area (Å²) in [6.07, 6.45) is 1.25. The van der Waals surface area contributed by atoms with Gasteiger partial charge in [-0.15, -0.1) is 0 Å². The fourth-order valence-electron chi connectivity index (χ4n) is 4.13. The van der Waals surface area contributed by atoms with Crippen LogP contribution >= 0.6 is 0 Å². The molecule has 0 saturated carbocycles. The number of rotatable bonds is 4. The highest BCUT2D eigenvalue weighted by molar-refractivity contribution is 7.89. The molecule has 1 fully saturated rings. The number of benzene rings is 2. The van der Waals surface area contributed by atoms with Crippen molar-refractivity contribution in [3.63, 3.8) is 0 Å². The van der Waals surface area contributed by atoms with Crippen molar-refractivity contribution >= 4 is 21.6 Å². The van der Waals surface area contributed by atoms with Crippen LogP contribution in [0.25, 0.3) is 0 Å². The second kappa shape index (κ2) is 8.24. The Bertz CT molecular complexity index is 996. The Balaban J connectivity index is 1.83. The lowest BCUT2D eigenvalue weighted by atomic mass is 9.98. The molecule has 0 aliphatic carbocycles. The van der Waals surface area contributed by atoms with E-state index in [1.807, 2.05) is 32.9 Å². The summed E-state index contributed by atoms with van der Waals surface area (Å²) in [4.78, 5) is 14.8. The summed E-state index contributed by atoms with van der Waals surface area (Å²) in [5.74, 6) is -0.957. The maximum atomic E-state index is 13.3. The van der Waals surface area contributed by atoms with E-state index in [1.165, 1.54) is 21.3 Å². The highest BCUT2D eigenvalue weighted by atomic mass is 32.2. The lowest BCUT2D eigenvalue weighted by Crippen LogP contribution is -2.46. The van der Waals surface area contributed by atoms with E-state index < -0.39 is 15.9 Å². The molecule has 0 N–H and O–H groups in total. The fourth-order valence-corrected chi connectivity index (χ4v) is 6.07. The van der Waals surface area contributed by atoms with Gasteiger partial charge >= 0.3 is 0 Å². The van der Waals surface area contributed by atoms with Gasteiger partial charge in [-0.3, -0.25) is 4.79 Å². The minimum absolute atomic E-state index is 0.152. The van der Waals surface area contributed by atoms with Crippen LogP contribution in [-0.2, 0) is 14.8 Å². The normalized spacial score (nSPS) is 17.9. The average molecular weight is 419 g/mol. The third-order valence-corrected chi connectivity index (χ3v) is 7.65. The van der Waals surface area contributed by atoms with Gasteiger partial charge in [-0.25, -0.2) is 12.8 Å². The van der Waals surface area contributed by atoms with Crippen LogP contribution in [0.15, 0.2) is 41.3 Å². The van der Waals surface area contributed by atoms with Gasteiger partial charge in [-0.05, 0) is 69.0 Å². The van der Waals surface area contributed by atoms with Gasteiger partial charge in [0.05, 0.1) is 10.8 Å². The average Bonchev–Trinajstić information content (AvgIpc) is 2.66. The molecule has 1 atom stereocenters. The van der Waals surface area contributed by atoms with Gasteiger partial charge in [0.15, 0.2) is 0 Å². The Morgan fingerprint density at radius 2 is 1.69 bits per heavy atom. The molecule has 3 rings (SSSR count). The first-order valence-corrected chi connectivity index (χ1v) is 11.2. The van der Waals surface area contributed by atoms with Crippen LogP contribution in [0.1, 0.15) is 29.5 Å². The van der Waals surface area contributed by atoms with Crippen LogP contribution in [0.4, 0.5) is 10.1 Å². The van der Waals surface area contributed by atoms with Crippen LogP contribution in [0.5, 0.6) is 0 Å². The minimum Gasteiger partial charge on any atom is -0.315 e. The van der Waals surface area contributed by atoms with Gasteiger partial charge in [0.25, 0.3) is 0 Å². The minimum atomic E-state index is -3.69. The number of halogens is 1. The van der Waals surface area contributed by atoms with Crippen molar-refractivity contribution in [3.05, 3.63) is 58.9 Å². The Labute approximate surface area is 172 Å². The number of carbonyl (C=O) groups is 1. The van der Waals surface area contributed by atoms with Crippen LogP contribution in [0, 0.1) is 32.5 Å². The first-order chi connectivity index (χ1) is 13.6. The molecule has 0 aromatic heterocycles. The molecule has 1 aliphatic heterocycles. The fraction of sp³-hybridized carbons (Fsp3) is 0.409. The van der Waals surface area contributed by atoms with Crippen molar-refractivity contribution < 1.29 is 17.6 Å². The van der Waals surface area contributed by atoms with E-state index in [-0.39, 0.29) is 18.3 Å². The SMILES string of the molecule is Cc1cc(C)c(S(=O)(=O)N2CCCC(C(=O)N(C)c3ccc(F)cc3)C2)c(C)c1. The number of anilines is 1. The van der Waals surface area contributed by atoms with Gasteiger partial charge in [-0.2, -0.15) is 4.31 Å². The predicted octanol–water partition coefficient (Wildman–Crippen LogP) is 3.81. The third kappa shape index (κ3) is 4.36. The Hall–Kier alpha value is -2.25. The van der Waals surface area contributed by atoms with E-state index in [9.17, 15) is 17.6 Å². The summed E-state index contributed by atoms with van der Waals surface area (Å²) < 4.78 is 41.3. The number of piperidine rings is 1. The molecule has 5 nitrogen and oxygen atoms in total. The monoisotopic (exact) mass is 418 g/mol. The first-order valence-electron chi connectivity index (χ1n) is 9.72. The van der Waals surface area contributed by atoms with Crippen LogP contribution in [-0.4, -0.2) is 38.8 Å². The number of aryl methyl sites for hydroxylation is 3. The maximum Gasteiger partial charge on any atom is 0.243 e. The number of nitrogens with zero attached hydrogens (tertiary/aromatic N) is 2. The van der Waals surface area contributed by atoms with Crippen molar-refractivity contribution in [1.82, 2.24) is 4.31 Å². The second-order valence-electron chi connectivity index (χ2n) is 7.80. The second-order valence-corrected chi connectivity index (χ2v) is 9.68. The van der Waals surface area contributed by atoms with Crippen molar-refractivity contribution in [2.75, 3.05) is 25.0 Å². The predicted molar refractivity (Wildman–Crippen MR) is 112 cm³/mol. The van der Waals surface area contributed by atoms with Gasteiger partial charge < -0.3 is 4.90 Å². The molecule has 2 aromatic carbocycles. The molecule has 1 heterocycles.